The molecule has 2 aromatic carbocycles. The van der Waals surface area contributed by atoms with Gasteiger partial charge in [0.05, 0.1) is 10.8 Å². The Morgan fingerprint density at radius 3 is 2.14 bits per heavy atom. The molecule has 0 saturated heterocycles. The first-order valence-corrected chi connectivity index (χ1v) is 11.5. The Morgan fingerprint density at radius 2 is 1.69 bits per heavy atom. The maximum absolute atomic E-state index is 14.9. The maximum Gasteiger partial charge on any atom is 0.256 e. The lowest BCUT2D eigenvalue weighted by atomic mass is 9.86. The molecule has 0 spiro atoms. The highest BCUT2D eigenvalue weighted by molar-refractivity contribution is 7.99. The van der Waals surface area contributed by atoms with Gasteiger partial charge in [-0.15, -0.1) is 0 Å². The van der Waals surface area contributed by atoms with Gasteiger partial charge in [-0.3, -0.25) is 9.35 Å². The van der Waals surface area contributed by atoms with E-state index in [4.69, 9.17) is 23.2 Å². The van der Waals surface area contributed by atoms with Gasteiger partial charge in [-0.25, -0.2) is 17.0 Å². The summed E-state index contributed by atoms with van der Waals surface area (Å²) in [7, 11) is -4.48. The molecule has 158 valence electrons. The molecule has 0 bridgehead atoms. The fourth-order valence-corrected chi connectivity index (χ4v) is 5.43. The number of rotatable bonds is 8. The molecule has 2 aromatic rings. The third-order valence-corrected chi connectivity index (χ3v) is 7.57. The molecular weight excluding hydrogens is 464 g/mol. The summed E-state index contributed by atoms with van der Waals surface area (Å²) in [5, 5.41) is 0.270. The van der Waals surface area contributed by atoms with E-state index in [0.717, 1.165) is 13.8 Å². The smallest absolute Gasteiger partial charge is 0.256 e. The minimum Gasteiger partial charge on any atom is -0.294 e. The van der Waals surface area contributed by atoms with Gasteiger partial charge in [-0.2, -0.15) is 0 Å². The van der Waals surface area contributed by atoms with Gasteiger partial charge < -0.3 is 0 Å². The van der Waals surface area contributed by atoms with Crippen LogP contribution in [0.3, 0.4) is 0 Å². The van der Waals surface area contributed by atoms with Crippen molar-refractivity contribution in [2.45, 2.75) is 24.4 Å². The fraction of sp³-hybridized carbons (Fsp3) is 0.278. The second kappa shape index (κ2) is 9.20. The van der Waals surface area contributed by atoms with Crippen molar-refractivity contribution >= 4 is 50.3 Å². The summed E-state index contributed by atoms with van der Waals surface area (Å²) in [4.78, 5) is 12.7. The molecule has 11 heteroatoms. The van der Waals surface area contributed by atoms with Crippen molar-refractivity contribution in [1.82, 2.24) is 3.71 Å². The quantitative estimate of drug-likeness (QED) is 0.446. The molecule has 0 aromatic heterocycles. The highest BCUT2D eigenvalue weighted by Gasteiger charge is 2.42. The topological polar surface area (TPSA) is 91.8 Å². The molecule has 0 aliphatic carbocycles. The predicted octanol–water partition coefficient (Wildman–Crippen LogP) is 4.37. The van der Waals surface area contributed by atoms with Crippen LogP contribution in [0.1, 0.15) is 24.2 Å². The van der Waals surface area contributed by atoms with E-state index in [0.29, 0.717) is 0 Å². The van der Waals surface area contributed by atoms with E-state index in [-0.39, 0.29) is 24.2 Å². The summed E-state index contributed by atoms with van der Waals surface area (Å²) in [6, 6.07) is 10.8. The number of carbonyl (C=O) groups excluding carboxylic acids is 1. The van der Waals surface area contributed by atoms with Crippen LogP contribution in [0.15, 0.2) is 53.4 Å². The molecule has 0 aliphatic rings. The average molecular weight is 482 g/mol. The van der Waals surface area contributed by atoms with Crippen LogP contribution in [0.4, 0.5) is 4.39 Å². The minimum absolute atomic E-state index is 0.0426. The molecule has 6 nitrogen and oxygen atoms in total. The lowest BCUT2D eigenvalue weighted by Gasteiger charge is -2.29. The van der Waals surface area contributed by atoms with Crippen LogP contribution in [-0.2, 0) is 21.3 Å². The Bertz CT molecular complexity index is 1010. The molecular formula is C18H18Cl2FNO5S2. The van der Waals surface area contributed by atoms with Crippen LogP contribution < -0.4 is 0 Å². The van der Waals surface area contributed by atoms with Crippen molar-refractivity contribution in [3.05, 3.63) is 64.1 Å². The van der Waals surface area contributed by atoms with Gasteiger partial charge in [-0.1, -0.05) is 45.1 Å². The third kappa shape index (κ3) is 5.84. The van der Waals surface area contributed by atoms with E-state index >= 15 is 0 Å². The lowest BCUT2D eigenvalue weighted by molar-refractivity contribution is 0.0680. The average Bonchev–Trinajstić information content (AvgIpc) is 2.60. The zero-order valence-electron chi connectivity index (χ0n) is 15.4. The monoisotopic (exact) mass is 481 g/mol. The number of hydrogen-bond acceptors (Lipinski definition) is 4. The van der Waals surface area contributed by atoms with Crippen LogP contribution in [0.5, 0.6) is 0 Å². The third-order valence-electron chi connectivity index (χ3n) is 4.11. The summed E-state index contributed by atoms with van der Waals surface area (Å²) < 4.78 is 62.1. The maximum atomic E-state index is 14.9. The Hall–Kier alpha value is -1.36. The molecule has 0 aliphatic heterocycles. The molecule has 1 N–H and O–H groups in total. The minimum atomic E-state index is -4.48. The number of hydrogen-bond donors (Lipinski definition) is 1. The molecule has 2 atom stereocenters. The van der Waals surface area contributed by atoms with Crippen LogP contribution in [0.2, 0.25) is 10.0 Å². The predicted molar refractivity (Wildman–Crippen MR) is 111 cm³/mol. The first-order valence-electron chi connectivity index (χ1n) is 8.22. The van der Waals surface area contributed by atoms with Crippen molar-refractivity contribution in [2.24, 2.45) is 5.92 Å². The standard InChI is InChI=1S/C18H18Cl2FNO5S2/c1-18(2,21)16(17(23)12-8-13(19)10-14(20)9-12)11-22(28(24)25)29(26,27)15-6-4-3-5-7-15/h3-10,16H,11H2,1-2H3,(H,24,25). The number of benzene rings is 2. The SMILES string of the molecule is CC(C)(F)C(CN(S(=O)O)S(=O)(=O)c1ccccc1)C(=O)c1cc(Cl)cc(Cl)c1. The summed E-state index contributed by atoms with van der Waals surface area (Å²) in [5.74, 6) is -2.41. The van der Waals surface area contributed by atoms with E-state index in [2.05, 4.69) is 0 Å². The van der Waals surface area contributed by atoms with Gasteiger partial charge >= 0.3 is 0 Å². The summed E-state index contributed by atoms with van der Waals surface area (Å²) >= 11 is 8.76. The number of Topliss-reactive ketones (excluding diaryl/α,β-unsaturated/α-hetero) is 1. The van der Waals surface area contributed by atoms with Gasteiger partial charge in [0.25, 0.3) is 10.0 Å². The van der Waals surface area contributed by atoms with E-state index in [9.17, 15) is 26.4 Å². The van der Waals surface area contributed by atoms with Gasteiger partial charge in [-0.05, 0) is 44.2 Å². The van der Waals surface area contributed by atoms with Crippen molar-refractivity contribution in [2.75, 3.05) is 6.54 Å². The Morgan fingerprint density at radius 1 is 1.17 bits per heavy atom. The Labute approximate surface area is 181 Å². The molecule has 0 radical (unpaired) electrons. The normalized spacial score (nSPS) is 14.6. The van der Waals surface area contributed by atoms with E-state index in [1.54, 1.807) is 6.07 Å². The van der Waals surface area contributed by atoms with Crippen LogP contribution in [0, 0.1) is 5.92 Å². The Balaban J connectivity index is 2.49. The van der Waals surface area contributed by atoms with E-state index < -0.39 is 45.2 Å². The van der Waals surface area contributed by atoms with Crippen molar-refractivity contribution in [1.29, 1.82) is 0 Å². The second-order valence-corrected chi connectivity index (χ2v) is 10.5. The fourth-order valence-electron chi connectivity index (χ4n) is 2.61. The number of alkyl halides is 1. The highest BCUT2D eigenvalue weighted by Crippen LogP contribution is 2.31. The van der Waals surface area contributed by atoms with Gasteiger partial charge in [0.1, 0.15) is 5.67 Å². The van der Waals surface area contributed by atoms with Gasteiger partial charge in [0.15, 0.2) is 5.78 Å². The zero-order valence-corrected chi connectivity index (χ0v) is 18.5. The molecule has 0 heterocycles. The lowest BCUT2D eigenvalue weighted by Crippen LogP contribution is -2.45. The molecule has 29 heavy (non-hydrogen) atoms. The van der Waals surface area contributed by atoms with Crippen LogP contribution >= 0.6 is 23.2 Å². The van der Waals surface area contributed by atoms with Gasteiger partial charge in [0.2, 0.25) is 11.3 Å². The first-order chi connectivity index (χ1) is 13.3. The Kier molecular flexibility index (Phi) is 7.58. The van der Waals surface area contributed by atoms with Crippen molar-refractivity contribution in [3.63, 3.8) is 0 Å². The second-order valence-electron chi connectivity index (χ2n) is 6.67. The molecule has 2 rings (SSSR count). The van der Waals surface area contributed by atoms with Crippen molar-refractivity contribution in [3.8, 4) is 0 Å². The largest absolute Gasteiger partial charge is 0.294 e. The number of sulfonamides is 1. The van der Waals surface area contributed by atoms with Gasteiger partial charge in [0, 0.05) is 22.2 Å². The number of carbonyl (C=O) groups is 1. The van der Waals surface area contributed by atoms with Crippen LogP contribution in [-0.4, -0.2) is 38.9 Å². The summed E-state index contributed by atoms with van der Waals surface area (Å²) in [6.07, 6.45) is 0. The summed E-state index contributed by atoms with van der Waals surface area (Å²) in [6.45, 7) is 1.29. The van der Waals surface area contributed by atoms with E-state index in [1.807, 2.05) is 0 Å². The molecule has 0 fully saturated rings. The van der Waals surface area contributed by atoms with Crippen LogP contribution in [0.25, 0.3) is 0 Å². The van der Waals surface area contributed by atoms with E-state index in [1.165, 1.54) is 42.5 Å². The molecule has 0 amide bonds. The number of ketones is 1. The molecule has 2 unspecified atom stereocenters. The zero-order chi connectivity index (χ0) is 22.0. The first kappa shape index (κ1) is 23.9. The number of halogens is 3. The number of nitrogens with zero attached hydrogens (tertiary/aromatic N) is 1. The van der Waals surface area contributed by atoms with Crippen molar-refractivity contribution < 1.29 is 26.4 Å². The summed E-state index contributed by atoms with van der Waals surface area (Å²) in [5.41, 5.74) is -2.27. The highest BCUT2D eigenvalue weighted by atomic mass is 35.5. The molecule has 0 saturated carbocycles.